The van der Waals surface area contributed by atoms with E-state index in [1.54, 1.807) is 0 Å². The predicted octanol–water partition coefficient (Wildman–Crippen LogP) is 5.55. The van der Waals surface area contributed by atoms with Crippen LogP contribution in [-0.2, 0) is 4.74 Å². The van der Waals surface area contributed by atoms with Crippen LogP contribution >= 0.6 is 0 Å². The van der Waals surface area contributed by atoms with Crippen LogP contribution in [0.25, 0.3) is 0 Å². The summed E-state index contributed by atoms with van der Waals surface area (Å²) in [4.78, 5) is 0. The van der Waals surface area contributed by atoms with Crippen LogP contribution in [-0.4, -0.2) is 42.3 Å². The number of ether oxygens (including phenoxy) is 1. The normalized spacial score (nSPS) is 12.0. The van der Waals surface area contributed by atoms with E-state index >= 15 is 0 Å². The zero-order valence-electron chi connectivity index (χ0n) is 18.4. The van der Waals surface area contributed by atoms with Crippen LogP contribution in [0.1, 0.15) is 117 Å². The number of aliphatic hydroxyl groups excluding tert-OH is 2. The fraction of sp³-hybridized carbons (Fsp3) is 1.00. The highest BCUT2D eigenvalue weighted by atomic mass is 16.5. The van der Waals surface area contributed by atoms with Gasteiger partial charge in [0, 0.05) is 6.61 Å². The van der Waals surface area contributed by atoms with E-state index in [1.807, 2.05) is 6.92 Å². The molecule has 164 valence electrons. The van der Waals surface area contributed by atoms with Gasteiger partial charge in [0.2, 0.25) is 0 Å². The largest absolute Gasteiger partial charge is 0.394 e. The summed E-state index contributed by atoms with van der Waals surface area (Å²) in [7, 11) is 0. The summed E-state index contributed by atoms with van der Waals surface area (Å²) in [5.74, 6) is 0. The van der Waals surface area contributed by atoms with Crippen LogP contribution in [0.2, 0.25) is 0 Å². The zero-order valence-corrected chi connectivity index (χ0v) is 18.4. The number of hydrogen-bond acceptors (Lipinski definition) is 4. The summed E-state index contributed by atoms with van der Waals surface area (Å²) in [5, 5.41) is 21.8. The van der Waals surface area contributed by atoms with Gasteiger partial charge in [0.05, 0.1) is 25.5 Å². The predicted molar refractivity (Wildman–Crippen MR) is 116 cm³/mol. The molecule has 0 bridgehead atoms. The van der Waals surface area contributed by atoms with Crippen LogP contribution in [0.15, 0.2) is 0 Å². The van der Waals surface area contributed by atoms with Crippen LogP contribution < -0.4 is 5.32 Å². The van der Waals surface area contributed by atoms with Gasteiger partial charge in [-0.2, -0.15) is 0 Å². The minimum absolute atomic E-state index is 0.0671. The molecule has 0 amide bonds. The summed E-state index contributed by atoms with van der Waals surface area (Å²) in [6.45, 7) is 5.25. The third-order valence-corrected chi connectivity index (χ3v) is 5.72. The molecular weight excluding hydrogens is 338 g/mol. The van der Waals surface area contributed by atoms with Gasteiger partial charge in [-0.05, 0) is 12.8 Å². The summed E-state index contributed by atoms with van der Waals surface area (Å²) < 4.78 is 5.57. The number of aliphatic hydroxyl groups is 2. The summed E-state index contributed by atoms with van der Waals surface area (Å²) >= 11 is 0. The smallest absolute Gasteiger partial charge is 0.0970 e. The second-order valence-electron chi connectivity index (χ2n) is 8.13. The van der Waals surface area contributed by atoms with E-state index < -0.39 is 5.54 Å². The molecule has 0 fully saturated rings. The molecule has 0 aromatic rings. The fourth-order valence-electron chi connectivity index (χ4n) is 3.36. The molecular formula is C23H49NO3. The van der Waals surface area contributed by atoms with Crippen LogP contribution in [0.5, 0.6) is 0 Å². The van der Waals surface area contributed by atoms with E-state index in [0.717, 1.165) is 13.0 Å². The van der Waals surface area contributed by atoms with Crippen LogP contribution in [0.3, 0.4) is 0 Å². The van der Waals surface area contributed by atoms with Gasteiger partial charge in [0.15, 0.2) is 0 Å². The lowest BCUT2D eigenvalue weighted by atomic mass is 9.99. The van der Waals surface area contributed by atoms with E-state index in [1.165, 1.54) is 89.9 Å². The first-order valence-electron chi connectivity index (χ1n) is 11.8. The molecule has 0 aliphatic rings. The third kappa shape index (κ3) is 16.5. The van der Waals surface area contributed by atoms with Crippen LogP contribution in [0, 0.1) is 0 Å². The molecule has 0 unspecified atom stereocenters. The molecule has 0 aliphatic carbocycles. The first-order valence-corrected chi connectivity index (χ1v) is 11.8. The minimum Gasteiger partial charge on any atom is -0.394 e. The Hall–Kier alpha value is -0.160. The van der Waals surface area contributed by atoms with E-state index in [4.69, 9.17) is 4.74 Å². The zero-order chi connectivity index (χ0) is 20.1. The molecule has 0 radical (unpaired) electrons. The molecule has 0 saturated heterocycles. The highest BCUT2D eigenvalue weighted by Gasteiger charge is 2.25. The van der Waals surface area contributed by atoms with Crippen molar-refractivity contribution < 1.29 is 14.9 Å². The summed E-state index contributed by atoms with van der Waals surface area (Å²) in [6, 6.07) is 0. The van der Waals surface area contributed by atoms with E-state index in [2.05, 4.69) is 12.2 Å². The maximum atomic E-state index is 9.34. The lowest BCUT2D eigenvalue weighted by Gasteiger charge is -2.29. The van der Waals surface area contributed by atoms with Crippen molar-refractivity contribution in [2.45, 2.75) is 122 Å². The number of rotatable bonds is 22. The fourth-order valence-corrected chi connectivity index (χ4v) is 3.36. The molecule has 0 spiro atoms. The Bertz CT molecular complexity index is 275. The first kappa shape index (κ1) is 26.8. The third-order valence-electron chi connectivity index (χ3n) is 5.72. The molecule has 27 heavy (non-hydrogen) atoms. The molecule has 0 atom stereocenters. The van der Waals surface area contributed by atoms with Crippen molar-refractivity contribution in [1.29, 1.82) is 0 Å². The van der Waals surface area contributed by atoms with Gasteiger partial charge in [0.25, 0.3) is 0 Å². The average Bonchev–Trinajstić information content (AvgIpc) is 2.70. The number of hydrogen-bond donors (Lipinski definition) is 3. The number of unbranched alkanes of at least 4 members (excludes halogenated alkanes) is 14. The van der Waals surface area contributed by atoms with E-state index in [9.17, 15) is 10.2 Å². The first-order chi connectivity index (χ1) is 13.2. The Balaban J connectivity index is 3.19. The molecule has 4 nitrogen and oxygen atoms in total. The monoisotopic (exact) mass is 387 g/mol. The molecule has 0 rings (SSSR count). The van der Waals surface area contributed by atoms with Crippen LogP contribution in [0.4, 0.5) is 0 Å². The maximum Gasteiger partial charge on any atom is 0.0970 e. The van der Waals surface area contributed by atoms with Gasteiger partial charge < -0.3 is 14.9 Å². The lowest BCUT2D eigenvalue weighted by Crippen LogP contribution is -2.52. The molecule has 4 heteroatoms. The quantitative estimate of drug-likeness (QED) is 0.168. The standard InChI is InChI=1S/C23H49NO3/c1-3-5-6-7-8-9-10-11-12-13-14-15-16-17-18-19-27-22-24-23(4-2,20-25)21-26/h24-26H,3-22H2,1-2H3. The van der Waals surface area contributed by atoms with E-state index in [0.29, 0.717) is 13.2 Å². The SMILES string of the molecule is CCCCCCCCCCCCCCCCCOCNC(CC)(CO)CO. The average molecular weight is 388 g/mol. The van der Waals surface area contributed by atoms with Crippen molar-refractivity contribution >= 4 is 0 Å². The van der Waals surface area contributed by atoms with Gasteiger partial charge in [0.1, 0.15) is 0 Å². The van der Waals surface area contributed by atoms with Crippen molar-refractivity contribution in [3.8, 4) is 0 Å². The topological polar surface area (TPSA) is 61.7 Å². The van der Waals surface area contributed by atoms with E-state index in [-0.39, 0.29) is 13.2 Å². The van der Waals surface area contributed by atoms with Gasteiger partial charge in [-0.3, -0.25) is 5.32 Å². The summed E-state index contributed by atoms with van der Waals surface area (Å²) in [6.07, 6.45) is 21.2. The lowest BCUT2D eigenvalue weighted by molar-refractivity contribution is 0.0337. The van der Waals surface area contributed by atoms with Crippen molar-refractivity contribution in [2.24, 2.45) is 0 Å². The van der Waals surface area contributed by atoms with Gasteiger partial charge >= 0.3 is 0 Å². The van der Waals surface area contributed by atoms with Crippen molar-refractivity contribution in [3.63, 3.8) is 0 Å². The molecule has 3 N–H and O–H groups in total. The molecule has 0 saturated carbocycles. The van der Waals surface area contributed by atoms with Crippen molar-refractivity contribution in [1.82, 2.24) is 5.32 Å². The van der Waals surface area contributed by atoms with Crippen molar-refractivity contribution in [2.75, 3.05) is 26.6 Å². The summed E-state index contributed by atoms with van der Waals surface area (Å²) in [5.41, 5.74) is -0.602. The Morgan fingerprint density at radius 3 is 1.41 bits per heavy atom. The second kappa shape index (κ2) is 20.6. The highest BCUT2D eigenvalue weighted by molar-refractivity contribution is 4.84. The highest BCUT2D eigenvalue weighted by Crippen LogP contribution is 2.13. The van der Waals surface area contributed by atoms with Gasteiger partial charge in [-0.15, -0.1) is 0 Å². The number of nitrogens with one attached hydrogen (secondary N) is 1. The molecule has 0 heterocycles. The minimum atomic E-state index is -0.602. The van der Waals surface area contributed by atoms with Gasteiger partial charge in [-0.25, -0.2) is 0 Å². The second-order valence-corrected chi connectivity index (χ2v) is 8.13. The van der Waals surface area contributed by atoms with Crippen molar-refractivity contribution in [3.05, 3.63) is 0 Å². The Labute approximate surface area is 169 Å². The Morgan fingerprint density at radius 2 is 1.04 bits per heavy atom. The van der Waals surface area contributed by atoms with Gasteiger partial charge in [-0.1, -0.05) is 104 Å². The maximum absolute atomic E-state index is 9.34. The molecule has 0 aliphatic heterocycles. The Morgan fingerprint density at radius 1 is 0.630 bits per heavy atom. The Kier molecular flexibility index (Phi) is 20.4. The molecule has 0 aromatic carbocycles. The molecule has 0 aromatic heterocycles.